The number of nitrogens with zero attached hydrogens (tertiary/aromatic N) is 3. The van der Waals surface area contributed by atoms with Gasteiger partial charge in [0.25, 0.3) is 0 Å². The SMILES string of the molecule is CCOC(=O)C1=C(C)N(CC(=O)N2CCN(C(C)=O)CC2)C(=O)CC1c1ccc(C)cc1. The van der Waals surface area contributed by atoms with Crippen molar-refractivity contribution in [1.29, 1.82) is 0 Å². The zero-order valence-electron chi connectivity index (χ0n) is 19.2. The lowest BCUT2D eigenvalue weighted by atomic mass is 9.83. The Bertz CT molecular complexity index is 929. The number of ether oxygens (including phenoxy) is 1. The van der Waals surface area contributed by atoms with Crippen LogP contribution in [0.5, 0.6) is 0 Å². The molecule has 32 heavy (non-hydrogen) atoms. The maximum atomic E-state index is 13.1. The Balaban J connectivity index is 1.84. The molecule has 1 atom stereocenters. The molecule has 8 heteroatoms. The maximum absolute atomic E-state index is 13.1. The van der Waals surface area contributed by atoms with Crippen LogP contribution in [0.15, 0.2) is 35.5 Å². The van der Waals surface area contributed by atoms with Crippen LogP contribution in [0.4, 0.5) is 0 Å². The van der Waals surface area contributed by atoms with E-state index in [9.17, 15) is 19.2 Å². The summed E-state index contributed by atoms with van der Waals surface area (Å²) in [6.45, 7) is 8.85. The molecule has 1 saturated heterocycles. The average Bonchev–Trinajstić information content (AvgIpc) is 2.76. The van der Waals surface area contributed by atoms with Crippen molar-refractivity contribution in [3.63, 3.8) is 0 Å². The van der Waals surface area contributed by atoms with Crippen LogP contribution in [-0.4, -0.2) is 77.7 Å². The molecule has 3 rings (SSSR count). The van der Waals surface area contributed by atoms with E-state index in [2.05, 4.69) is 0 Å². The standard InChI is InChI=1S/C24H31N3O5/c1-5-32-24(31)23-17(3)27(15-22(30)26-12-10-25(11-13-26)18(4)28)21(29)14-20(23)19-8-6-16(2)7-9-19/h6-9,20H,5,10-15H2,1-4H3. The van der Waals surface area contributed by atoms with Crippen molar-refractivity contribution in [2.75, 3.05) is 39.3 Å². The predicted octanol–water partition coefficient (Wildman–Crippen LogP) is 1.84. The first-order valence-corrected chi connectivity index (χ1v) is 11.0. The smallest absolute Gasteiger partial charge is 0.336 e. The van der Waals surface area contributed by atoms with E-state index in [4.69, 9.17) is 4.74 Å². The van der Waals surface area contributed by atoms with Crippen LogP contribution in [0.1, 0.15) is 44.2 Å². The highest BCUT2D eigenvalue weighted by Gasteiger charge is 2.38. The van der Waals surface area contributed by atoms with E-state index < -0.39 is 11.9 Å². The van der Waals surface area contributed by atoms with Gasteiger partial charge in [0.05, 0.1) is 12.2 Å². The normalized spacial score (nSPS) is 19.3. The van der Waals surface area contributed by atoms with Crippen LogP contribution in [-0.2, 0) is 23.9 Å². The number of hydrogen-bond acceptors (Lipinski definition) is 5. The minimum Gasteiger partial charge on any atom is -0.463 e. The fraction of sp³-hybridized carbons (Fsp3) is 0.500. The molecule has 1 fully saturated rings. The summed E-state index contributed by atoms with van der Waals surface area (Å²) in [6, 6.07) is 7.76. The first-order valence-electron chi connectivity index (χ1n) is 11.0. The van der Waals surface area contributed by atoms with Gasteiger partial charge in [0, 0.05) is 51.1 Å². The fourth-order valence-corrected chi connectivity index (χ4v) is 4.27. The second-order valence-electron chi connectivity index (χ2n) is 8.25. The molecule has 2 heterocycles. The number of carbonyl (C=O) groups excluding carboxylic acids is 4. The van der Waals surface area contributed by atoms with Gasteiger partial charge in [-0.2, -0.15) is 0 Å². The van der Waals surface area contributed by atoms with Gasteiger partial charge in [-0.15, -0.1) is 0 Å². The fourth-order valence-electron chi connectivity index (χ4n) is 4.27. The highest BCUT2D eigenvalue weighted by molar-refractivity contribution is 5.97. The van der Waals surface area contributed by atoms with Crippen molar-refractivity contribution in [2.24, 2.45) is 0 Å². The zero-order chi connectivity index (χ0) is 23.4. The predicted molar refractivity (Wildman–Crippen MR) is 118 cm³/mol. The molecule has 0 radical (unpaired) electrons. The molecule has 0 bridgehead atoms. The molecule has 0 aliphatic carbocycles. The maximum Gasteiger partial charge on any atom is 0.336 e. The number of esters is 1. The van der Waals surface area contributed by atoms with Gasteiger partial charge in [-0.25, -0.2) is 4.79 Å². The number of piperazine rings is 1. The molecule has 3 amide bonds. The van der Waals surface area contributed by atoms with Gasteiger partial charge in [0.2, 0.25) is 17.7 Å². The largest absolute Gasteiger partial charge is 0.463 e. The van der Waals surface area contributed by atoms with E-state index in [-0.39, 0.29) is 37.3 Å². The molecule has 0 saturated carbocycles. The van der Waals surface area contributed by atoms with E-state index in [1.165, 1.54) is 11.8 Å². The summed E-state index contributed by atoms with van der Waals surface area (Å²) < 4.78 is 5.30. The van der Waals surface area contributed by atoms with Gasteiger partial charge in [-0.05, 0) is 26.3 Å². The molecule has 8 nitrogen and oxygen atoms in total. The third-order valence-corrected chi connectivity index (χ3v) is 6.17. The van der Waals surface area contributed by atoms with Crippen molar-refractivity contribution in [1.82, 2.24) is 14.7 Å². The highest BCUT2D eigenvalue weighted by atomic mass is 16.5. The molecule has 172 valence electrons. The molecule has 1 aromatic carbocycles. The van der Waals surface area contributed by atoms with Gasteiger partial charge in [0.15, 0.2) is 0 Å². The summed E-state index contributed by atoms with van der Waals surface area (Å²) >= 11 is 0. The molecule has 1 aromatic rings. The van der Waals surface area contributed by atoms with E-state index in [0.717, 1.165) is 11.1 Å². The van der Waals surface area contributed by atoms with E-state index >= 15 is 0 Å². The molecule has 0 spiro atoms. The number of rotatable bonds is 5. The topological polar surface area (TPSA) is 87.2 Å². The molecular formula is C24H31N3O5. The Labute approximate surface area is 188 Å². The second-order valence-corrected chi connectivity index (χ2v) is 8.25. The Morgan fingerprint density at radius 3 is 2.16 bits per heavy atom. The number of aryl methyl sites for hydroxylation is 1. The lowest BCUT2D eigenvalue weighted by Gasteiger charge is -2.37. The number of hydrogen-bond donors (Lipinski definition) is 0. The summed E-state index contributed by atoms with van der Waals surface area (Å²) in [5.74, 6) is -1.28. The molecule has 0 aromatic heterocycles. The first-order chi connectivity index (χ1) is 15.2. The number of amides is 3. The van der Waals surface area contributed by atoms with Crippen molar-refractivity contribution in [3.8, 4) is 0 Å². The monoisotopic (exact) mass is 441 g/mol. The van der Waals surface area contributed by atoms with Crippen LogP contribution in [0.2, 0.25) is 0 Å². The summed E-state index contributed by atoms with van der Waals surface area (Å²) in [6.07, 6.45) is 0.0972. The molecule has 2 aliphatic heterocycles. The second kappa shape index (κ2) is 9.97. The lowest BCUT2D eigenvalue weighted by Crippen LogP contribution is -2.53. The van der Waals surface area contributed by atoms with Crippen molar-refractivity contribution in [2.45, 2.75) is 40.0 Å². The number of allylic oxidation sites excluding steroid dienone is 1. The van der Waals surface area contributed by atoms with Gasteiger partial charge in [-0.1, -0.05) is 29.8 Å². The van der Waals surface area contributed by atoms with Crippen LogP contribution < -0.4 is 0 Å². The lowest BCUT2D eigenvalue weighted by molar-refractivity contribution is -0.143. The zero-order valence-corrected chi connectivity index (χ0v) is 19.2. The van der Waals surface area contributed by atoms with Crippen LogP contribution >= 0.6 is 0 Å². The van der Waals surface area contributed by atoms with Gasteiger partial charge < -0.3 is 19.4 Å². The minimum absolute atomic E-state index is 0.0108. The summed E-state index contributed by atoms with van der Waals surface area (Å²) in [7, 11) is 0. The Morgan fingerprint density at radius 2 is 1.59 bits per heavy atom. The van der Waals surface area contributed by atoms with E-state index in [1.807, 2.05) is 31.2 Å². The first kappa shape index (κ1) is 23.5. The van der Waals surface area contributed by atoms with E-state index in [0.29, 0.717) is 37.4 Å². The van der Waals surface area contributed by atoms with Crippen LogP contribution in [0, 0.1) is 6.92 Å². The molecule has 0 N–H and O–H groups in total. The Kier molecular flexibility index (Phi) is 7.33. The number of carbonyl (C=O) groups is 4. The van der Waals surface area contributed by atoms with Gasteiger partial charge in [-0.3, -0.25) is 14.4 Å². The molecular weight excluding hydrogens is 410 g/mol. The average molecular weight is 442 g/mol. The van der Waals surface area contributed by atoms with Crippen molar-refractivity contribution >= 4 is 23.7 Å². The van der Waals surface area contributed by atoms with Gasteiger partial charge >= 0.3 is 5.97 Å². The summed E-state index contributed by atoms with van der Waals surface area (Å²) in [5.41, 5.74) is 2.84. The van der Waals surface area contributed by atoms with Crippen molar-refractivity contribution in [3.05, 3.63) is 46.7 Å². The Morgan fingerprint density at radius 1 is 1.00 bits per heavy atom. The molecule has 1 unspecified atom stereocenters. The minimum atomic E-state index is -0.462. The third kappa shape index (κ3) is 5.00. The van der Waals surface area contributed by atoms with Gasteiger partial charge in [0.1, 0.15) is 6.54 Å². The summed E-state index contributed by atoms with van der Waals surface area (Å²) in [5, 5.41) is 0. The quantitative estimate of drug-likeness (QED) is 0.651. The van der Waals surface area contributed by atoms with Crippen molar-refractivity contribution < 1.29 is 23.9 Å². The third-order valence-electron chi connectivity index (χ3n) is 6.17. The van der Waals surface area contributed by atoms with Crippen LogP contribution in [0.3, 0.4) is 0 Å². The van der Waals surface area contributed by atoms with Crippen LogP contribution in [0.25, 0.3) is 0 Å². The van der Waals surface area contributed by atoms with E-state index in [1.54, 1.807) is 23.6 Å². The number of benzene rings is 1. The molecule has 2 aliphatic rings. The Hall–Kier alpha value is -3.16. The summed E-state index contributed by atoms with van der Waals surface area (Å²) in [4.78, 5) is 55.1. The highest BCUT2D eigenvalue weighted by Crippen LogP contribution is 2.37.